The second-order valence-corrected chi connectivity index (χ2v) is 8.87. The maximum Gasteiger partial charge on any atom is 0.243 e. The van der Waals surface area contributed by atoms with Gasteiger partial charge in [0.25, 0.3) is 0 Å². The molecule has 0 radical (unpaired) electrons. The molecule has 1 aliphatic heterocycles. The minimum atomic E-state index is -3.60. The molecular weight excluding hydrogens is 287 g/mol. The van der Waals surface area contributed by atoms with Gasteiger partial charge in [0, 0.05) is 23.6 Å². The smallest absolute Gasteiger partial charge is 0.243 e. The van der Waals surface area contributed by atoms with Gasteiger partial charge in [-0.2, -0.15) is 16.1 Å². The first-order valence-corrected chi connectivity index (χ1v) is 8.34. The molecule has 106 valence electrons. The Bertz CT molecular complexity index is 587. The average Bonchev–Trinajstić information content (AvgIpc) is 2.31. The number of hydrogen-bond acceptors (Lipinski definition) is 4. The van der Waals surface area contributed by atoms with Crippen molar-refractivity contribution in [3.8, 4) is 0 Å². The van der Waals surface area contributed by atoms with Crippen LogP contribution in [0.1, 0.15) is 13.8 Å². The van der Waals surface area contributed by atoms with Gasteiger partial charge in [-0.1, -0.05) is 0 Å². The van der Waals surface area contributed by atoms with Gasteiger partial charge in [-0.15, -0.1) is 0 Å². The summed E-state index contributed by atoms with van der Waals surface area (Å²) in [6.07, 6.45) is 0. The molecule has 0 bridgehead atoms. The van der Waals surface area contributed by atoms with Gasteiger partial charge < -0.3 is 5.73 Å². The summed E-state index contributed by atoms with van der Waals surface area (Å²) in [5.74, 6) is 0.150. The Morgan fingerprint density at radius 2 is 2.11 bits per heavy atom. The lowest BCUT2D eigenvalue weighted by Crippen LogP contribution is -2.46. The van der Waals surface area contributed by atoms with Crippen LogP contribution in [-0.2, 0) is 10.0 Å². The van der Waals surface area contributed by atoms with Crippen molar-refractivity contribution in [3.63, 3.8) is 0 Å². The van der Waals surface area contributed by atoms with Crippen LogP contribution >= 0.6 is 11.8 Å². The lowest BCUT2D eigenvalue weighted by molar-refractivity contribution is 0.387. The molecule has 19 heavy (non-hydrogen) atoms. The Morgan fingerprint density at radius 3 is 2.68 bits per heavy atom. The number of nitrogens with two attached hydrogens (primary N) is 1. The number of thioether (sulfide) groups is 1. The normalized spacial score (nSPS) is 20.4. The van der Waals surface area contributed by atoms with Crippen LogP contribution in [0.5, 0.6) is 0 Å². The third-order valence-electron chi connectivity index (χ3n) is 3.00. The summed E-state index contributed by atoms with van der Waals surface area (Å²) in [5, 5.41) is 0. The maximum atomic E-state index is 13.1. The highest BCUT2D eigenvalue weighted by atomic mass is 32.2. The molecule has 0 amide bonds. The molecule has 0 saturated carbocycles. The third-order valence-corrected chi connectivity index (χ3v) is 6.13. The molecular formula is C12H17FN2O2S2. The summed E-state index contributed by atoms with van der Waals surface area (Å²) in [6.45, 7) is 4.93. The summed E-state index contributed by atoms with van der Waals surface area (Å²) in [4.78, 5) is 0.0501. The van der Waals surface area contributed by atoms with E-state index in [-0.39, 0.29) is 15.3 Å². The molecule has 2 N–H and O–H groups in total. The van der Waals surface area contributed by atoms with E-state index in [1.807, 2.05) is 13.8 Å². The minimum Gasteiger partial charge on any atom is -0.396 e. The minimum absolute atomic E-state index is 0.0501. The van der Waals surface area contributed by atoms with Crippen LogP contribution in [0.15, 0.2) is 23.1 Å². The molecule has 0 aromatic heterocycles. The highest BCUT2D eigenvalue weighted by molar-refractivity contribution is 8.00. The molecule has 1 fully saturated rings. The molecule has 1 aromatic carbocycles. The molecule has 0 aliphatic carbocycles. The Labute approximate surface area is 117 Å². The standard InChI is InChI=1S/C12H17FN2O2S2/c1-12(2)8-15(5-6-18-12)19(16,17)9-3-4-10(13)11(14)7-9/h3-4,7H,5-6,8,14H2,1-2H3. The van der Waals surface area contributed by atoms with Crippen molar-refractivity contribution >= 4 is 27.5 Å². The molecule has 4 nitrogen and oxygen atoms in total. The lowest BCUT2D eigenvalue weighted by Gasteiger charge is -2.36. The Hall–Kier alpha value is -0.790. The lowest BCUT2D eigenvalue weighted by atomic mass is 10.2. The van der Waals surface area contributed by atoms with E-state index in [0.29, 0.717) is 13.1 Å². The summed E-state index contributed by atoms with van der Waals surface area (Å²) in [6, 6.07) is 3.53. The highest BCUT2D eigenvalue weighted by Gasteiger charge is 2.34. The summed E-state index contributed by atoms with van der Waals surface area (Å²) < 4.78 is 39.4. The number of halogens is 1. The van der Waals surface area contributed by atoms with E-state index >= 15 is 0 Å². The van der Waals surface area contributed by atoms with Crippen molar-refractivity contribution in [2.45, 2.75) is 23.5 Å². The monoisotopic (exact) mass is 304 g/mol. The summed E-state index contributed by atoms with van der Waals surface area (Å²) >= 11 is 1.75. The van der Waals surface area contributed by atoms with E-state index in [2.05, 4.69) is 0 Å². The molecule has 1 aromatic rings. The first-order valence-electron chi connectivity index (χ1n) is 5.91. The quantitative estimate of drug-likeness (QED) is 0.848. The first-order chi connectivity index (χ1) is 8.72. The first kappa shape index (κ1) is 14.6. The van der Waals surface area contributed by atoms with E-state index in [0.717, 1.165) is 11.8 Å². The largest absolute Gasteiger partial charge is 0.396 e. The molecule has 1 aliphatic rings. The number of nitrogens with zero attached hydrogens (tertiary/aromatic N) is 1. The number of benzene rings is 1. The Kier molecular flexibility index (Phi) is 3.81. The van der Waals surface area contributed by atoms with Crippen molar-refractivity contribution in [3.05, 3.63) is 24.0 Å². The van der Waals surface area contributed by atoms with E-state index < -0.39 is 15.8 Å². The third kappa shape index (κ3) is 3.04. The zero-order valence-corrected chi connectivity index (χ0v) is 12.5. The van der Waals surface area contributed by atoms with Crippen molar-refractivity contribution in [2.75, 3.05) is 24.6 Å². The highest BCUT2D eigenvalue weighted by Crippen LogP contribution is 2.32. The molecule has 0 unspecified atom stereocenters. The van der Waals surface area contributed by atoms with Gasteiger partial charge in [0.2, 0.25) is 10.0 Å². The van der Waals surface area contributed by atoms with Crippen LogP contribution in [0.4, 0.5) is 10.1 Å². The van der Waals surface area contributed by atoms with Gasteiger partial charge in [0.05, 0.1) is 10.6 Å². The van der Waals surface area contributed by atoms with Gasteiger partial charge >= 0.3 is 0 Å². The zero-order chi connectivity index (χ0) is 14.3. The number of rotatable bonds is 2. The maximum absolute atomic E-state index is 13.1. The van der Waals surface area contributed by atoms with E-state index in [1.165, 1.54) is 16.4 Å². The molecule has 1 saturated heterocycles. The van der Waals surface area contributed by atoms with Gasteiger partial charge in [-0.25, -0.2) is 12.8 Å². The van der Waals surface area contributed by atoms with Crippen LogP contribution in [0, 0.1) is 5.82 Å². The fourth-order valence-electron chi connectivity index (χ4n) is 2.01. The van der Waals surface area contributed by atoms with Crippen LogP contribution in [0.2, 0.25) is 0 Å². The van der Waals surface area contributed by atoms with Gasteiger partial charge in [-0.3, -0.25) is 0 Å². The van der Waals surface area contributed by atoms with Gasteiger partial charge in [0.15, 0.2) is 0 Å². The van der Waals surface area contributed by atoms with Crippen LogP contribution < -0.4 is 5.73 Å². The van der Waals surface area contributed by atoms with E-state index in [9.17, 15) is 12.8 Å². The number of nitrogen functional groups attached to an aromatic ring is 1. The number of anilines is 1. The van der Waals surface area contributed by atoms with Crippen molar-refractivity contribution < 1.29 is 12.8 Å². The molecule has 7 heteroatoms. The fourth-order valence-corrected chi connectivity index (χ4v) is 4.96. The second kappa shape index (κ2) is 4.96. The van der Waals surface area contributed by atoms with Crippen molar-refractivity contribution in [1.29, 1.82) is 0 Å². The average molecular weight is 304 g/mol. The molecule has 2 rings (SSSR count). The molecule has 1 heterocycles. The van der Waals surface area contributed by atoms with Crippen LogP contribution in [-0.4, -0.2) is 36.3 Å². The topological polar surface area (TPSA) is 63.4 Å². The predicted octanol–water partition coefficient (Wildman–Crippen LogP) is 1.92. The fraction of sp³-hybridized carbons (Fsp3) is 0.500. The SMILES string of the molecule is CC1(C)CN(S(=O)(=O)c2ccc(F)c(N)c2)CCS1. The van der Waals surface area contributed by atoms with E-state index in [1.54, 1.807) is 11.8 Å². The Morgan fingerprint density at radius 1 is 1.42 bits per heavy atom. The van der Waals surface area contributed by atoms with Gasteiger partial charge in [0.1, 0.15) is 5.82 Å². The summed E-state index contributed by atoms with van der Waals surface area (Å²) in [7, 11) is -3.60. The van der Waals surface area contributed by atoms with E-state index in [4.69, 9.17) is 5.73 Å². The molecule has 0 atom stereocenters. The van der Waals surface area contributed by atoms with Crippen molar-refractivity contribution in [2.24, 2.45) is 0 Å². The number of hydrogen-bond donors (Lipinski definition) is 1. The number of sulfonamides is 1. The van der Waals surface area contributed by atoms with Crippen LogP contribution in [0.25, 0.3) is 0 Å². The Balaban J connectivity index is 2.34. The van der Waals surface area contributed by atoms with Crippen molar-refractivity contribution in [1.82, 2.24) is 4.31 Å². The predicted molar refractivity (Wildman–Crippen MR) is 76.1 cm³/mol. The van der Waals surface area contributed by atoms with Gasteiger partial charge in [-0.05, 0) is 32.0 Å². The summed E-state index contributed by atoms with van der Waals surface area (Å²) in [5.41, 5.74) is 5.29. The molecule has 0 spiro atoms. The van der Waals surface area contributed by atoms with Crippen LogP contribution in [0.3, 0.4) is 0 Å². The second-order valence-electron chi connectivity index (χ2n) is 5.13. The zero-order valence-electron chi connectivity index (χ0n) is 10.9.